The lowest BCUT2D eigenvalue weighted by molar-refractivity contribution is -0.156. The first-order chi connectivity index (χ1) is 22.0. The molecule has 15 heteroatoms. The minimum atomic E-state index is -2.05. The Morgan fingerprint density at radius 1 is 1.06 bits per heavy atom. The number of aliphatic carboxylic acids is 1. The standard InChI is InChI=1S/C32H38FN5O8S/c1-16-25(47-15-34-16)18-7-5-17(6-8-18)23(24(29(44)45)38-21(40)9-10-22(38)41)35-27(42)20-13-19(39)14-37(20)28(43)26(31(2,3)4)36-30(46)32(33)11-12-32/h5-8,15,19-20,23-24,26,39H,9-14H2,1-4H3,(H,35,42)(H,36,46)(H,44,45)/t19-,20+,23?,24?,26?/m1/s1. The molecule has 2 aliphatic heterocycles. The van der Waals surface area contributed by atoms with Crippen molar-refractivity contribution in [3.05, 3.63) is 41.0 Å². The van der Waals surface area contributed by atoms with Crippen LogP contribution in [0.4, 0.5) is 4.39 Å². The number of carboxylic acids is 1. The number of hydrogen-bond acceptors (Lipinski definition) is 9. The SMILES string of the molecule is Cc1ncsc1-c1ccc(C(NC(=O)[C@@H]2C[C@@H](O)CN2C(=O)C(NC(=O)C2(F)CC2)C(C)(C)C)C(C(=O)O)N2C(=O)CCC2=O)cc1. The van der Waals surface area contributed by atoms with Crippen molar-refractivity contribution in [2.75, 3.05) is 6.54 Å². The van der Waals surface area contributed by atoms with Crippen LogP contribution in [0.15, 0.2) is 29.8 Å². The van der Waals surface area contributed by atoms with Crippen LogP contribution in [0, 0.1) is 12.3 Å². The van der Waals surface area contributed by atoms with Gasteiger partial charge < -0.3 is 25.7 Å². The maximum atomic E-state index is 14.6. The molecule has 5 amide bonds. The van der Waals surface area contributed by atoms with Crippen molar-refractivity contribution in [1.82, 2.24) is 25.4 Å². The number of aromatic nitrogens is 1. The number of aliphatic hydroxyl groups is 1. The fourth-order valence-electron chi connectivity index (χ4n) is 6.04. The highest BCUT2D eigenvalue weighted by Crippen LogP contribution is 2.40. The van der Waals surface area contributed by atoms with Crippen LogP contribution in [0.3, 0.4) is 0 Å². The summed E-state index contributed by atoms with van der Waals surface area (Å²) in [6.07, 6.45) is -1.61. The molecule has 1 aliphatic carbocycles. The van der Waals surface area contributed by atoms with E-state index < -0.39 is 76.9 Å². The smallest absolute Gasteiger partial charge is 0.329 e. The zero-order valence-electron chi connectivity index (χ0n) is 26.5. The highest BCUT2D eigenvalue weighted by atomic mass is 32.1. The number of nitrogens with one attached hydrogen (secondary N) is 2. The maximum absolute atomic E-state index is 14.6. The van der Waals surface area contributed by atoms with Crippen molar-refractivity contribution in [2.45, 2.75) is 95.7 Å². The number of benzene rings is 1. The Balaban J connectivity index is 1.47. The minimum Gasteiger partial charge on any atom is -0.480 e. The number of alkyl halides is 1. The van der Waals surface area contributed by atoms with E-state index in [1.165, 1.54) is 11.3 Å². The van der Waals surface area contributed by atoms with Crippen LogP contribution in [-0.4, -0.2) is 96.9 Å². The van der Waals surface area contributed by atoms with Crippen LogP contribution >= 0.6 is 11.3 Å². The van der Waals surface area contributed by atoms with Gasteiger partial charge in [0.25, 0.3) is 5.91 Å². The lowest BCUT2D eigenvalue weighted by atomic mass is 9.85. The molecule has 4 N–H and O–H groups in total. The molecule has 3 unspecified atom stereocenters. The average Bonchev–Trinajstić information content (AvgIpc) is 3.26. The molecule has 3 heterocycles. The van der Waals surface area contributed by atoms with Gasteiger partial charge in [-0.3, -0.25) is 28.9 Å². The van der Waals surface area contributed by atoms with Gasteiger partial charge in [0.15, 0.2) is 11.7 Å². The zero-order valence-corrected chi connectivity index (χ0v) is 27.3. The molecular weight excluding hydrogens is 633 g/mol. The highest BCUT2D eigenvalue weighted by Gasteiger charge is 2.54. The van der Waals surface area contributed by atoms with Gasteiger partial charge in [-0.2, -0.15) is 0 Å². The average molecular weight is 672 g/mol. The van der Waals surface area contributed by atoms with E-state index in [1.54, 1.807) is 50.5 Å². The molecule has 2 aromatic rings. The molecule has 5 atom stereocenters. The Morgan fingerprint density at radius 3 is 2.19 bits per heavy atom. The Morgan fingerprint density at radius 2 is 1.68 bits per heavy atom. The number of halogens is 1. The fourth-order valence-corrected chi connectivity index (χ4v) is 6.85. The molecule has 2 saturated heterocycles. The first-order valence-corrected chi connectivity index (χ1v) is 16.3. The predicted molar refractivity (Wildman–Crippen MR) is 166 cm³/mol. The van der Waals surface area contributed by atoms with Gasteiger partial charge in [0.05, 0.1) is 28.2 Å². The summed E-state index contributed by atoms with van der Waals surface area (Å²) in [5, 5.41) is 26.1. The van der Waals surface area contributed by atoms with Crippen LogP contribution in [-0.2, 0) is 28.8 Å². The Bertz CT molecular complexity index is 1580. The fraction of sp³-hybridized carbons (Fsp3) is 0.531. The van der Waals surface area contributed by atoms with Gasteiger partial charge in [-0.05, 0) is 36.3 Å². The van der Waals surface area contributed by atoms with E-state index in [9.17, 15) is 43.4 Å². The summed E-state index contributed by atoms with van der Waals surface area (Å²) >= 11 is 1.41. The van der Waals surface area contributed by atoms with Gasteiger partial charge in [-0.25, -0.2) is 14.2 Å². The van der Waals surface area contributed by atoms with Crippen LogP contribution in [0.1, 0.15) is 70.2 Å². The van der Waals surface area contributed by atoms with Crippen LogP contribution < -0.4 is 10.6 Å². The maximum Gasteiger partial charge on any atom is 0.329 e. The van der Waals surface area contributed by atoms with E-state index in [1.807, 2.05) is 6.92 Å². The van der Waals surface area contributed by atoms with E-state index in [4.69, 9.17) is 0 Å². The number of carboxylic acid groups (broad SMARTS) is 1. The first-order valence-electron chi connectivity index (χ1n) is 15.4. The Hall–Kier alpha value is -4.24. The molecular formula is C32H38FN5O8S. The number of carbonyl (C=O) groups excluding carboxylic acids is 5. The Labute approximate surface area is 274 Å². The molecule has 1 aromatic heterocycles. The number of likely N-dealkylation sites (tertiary alicyclic amines) is 2. The van der Waals surface area contributed by atoms with Crippen molar-refractivity contribution in [3.8, 4) is 10.4 Å². The van der Waals surface area contributed by atoms with Gasteiger partial charge in [0, 0.05) is 25.8 Å². The van der Waals surface area contributed by atoms with Crippen molar-refractivity contribution in [1.29, 1.82) is 0 Å². The van der Waals surface area contributed by atoms with Crippen molar-refractivity contribution in [2.24, 2.45) is 5.41 Å². The van der Waals surface area contributed by atoms with E-state index in [2.05, 4.69) is 15.6 Å². The number of rotatable bonds is 10. The van der Waals surface area contributed by atoms with E-state index in [-0.39, 0.29) is 44.2 Å². The lowest BCUT2D eigenvalue weighted by Gasteiger charge is -2.36. The monoisotopic (exact) mass is 671 g/mol. The summed E-state index contributed by atoms with van der Waals surface area (Å²) in [5.74, 6) is -5.40. The van der Waals surface area contributed by atoms with Gasteiger partial charge in [-0.1, -0.05) is 45.0 Å². The summed E-state index contributed by atoms with van der Waals surface area (Å²) in [5.41, 5.74) is 0.579. The molecule has 47 heavy (non-hydrogen) atoms. The lowest BCUT2D eigenvalue weighted by Crippen LogP contribution is -2.60. The van der Waals surface area contributed by atoms with Crippen molar-refractivity contribution in [3.63, 3.8) is 0 Å². The predicted octanol–water partition coefficient (Wildman–Crippen LogP) is 1.87. The second-order valence-electron chi connectivity index (χ2n) is 13.4. The Kier molecular flexibility index (Phi) is 9.25. The van der Waals surface area contributed by atoms with Crippen LogP contribution in [0.2, 0.25) is 0 Å². The zero-order chi connectivity index (χ0) is 34.4. The number of thiazole rings is 1. The third-order valence-corrected chi connectivity index (χ3v) is 9.84. The molecule has 1 aromatic carbocycles. The second-order valence-corrected chi connectivity index (χ2v) is 14.3. The molecule has 3 fully saturated rings. The topological polar surface area (TPSA) is 186 Å². The van der Waals surface area contributed by atoms with Crippen LogP contribution in [0.25, 0.3) is 10.4 Å². The van der Waals surface area contributed by atoms with Gasteiger partial charge in [0.1, 0.15) is 12.1 Å². The highest BCUT2D eigenvalue weighted by molar-refractivity contribution is 7.13. The number of imide groups is 1. The van der Waals surface area contributed by atoms with Crippen LogP contribution in [0.5, 0.6) is 0 Å². The van der Waals surface area contributed by atoms with Crippen molar-refractivity contribution < 1.29 is 43.4 Å². The number of nitrogens with zero attached hydrogens (tertiary/aromatic N) is 3. The third-order valence-electron chi connectivity index (χ3n) is 8.86. The number of hydrogen-bond donors (Lipinski definition) is 4. The van der Waals surface area contributed by atoms with Gasteiger partial charge in [0.2, 0.25) is 23.6 Å². The third kappa shape index (κ3) is 6.91. The van der Waals surface area contributed by atoms with E-state index in [0.717, 1.165) is 21.0 Å². The summed E-state index contributed by atoms with van der Waals surface area (Å²) < 4.78 is 14.6. The molecule has 252 valence electrons. The minimum absolute atomic E-state index is 0.0380. The summed E-state index contributed by atoms with van der Waals surface area (Å²) in [4.78, 5) is 85.6. The molecule has 3 aliphatic rings. The number of amides is 5. The van der Waals surface area contributed by atoms with Crippen molar-refractivity contribution >= 4 is 46.8 Å². The number of carbonyl (C=O) groups is 6. The number of β-amino-alcohol motifs (C(OH)–C–C–N with tert-alkyl or cyclic N) is 1. The normalized spacial score (nSPS) is 22.5. The van der Waals surface area contributed by atoms with Gasteiger partial charge in [-0.15, -0.1) is 11.3 Å². The van der Waals surface area contributed by atoms with E-state index in [0.29, 0.717) is 4.90 Å². The summed E-state index contributed by atoms with van der Waals surface area (Å²) in [6, 6.07) is 0.807. The molecule has 0 spiro atoms. The second kappa shape index (κ2) is 12.8. The first kappa shape index (κ1) is 34.1. The number of aryl methyl sites for hydroxylation is 1. The summed E-state index contributed by atoms with van der Waals surface area (Å²) in [7, 11) is 0. The molecule has 0 radical (unpaired) electrons. The van der Waals surface area contributed by atoms with Gasteiger partial charge >= 0.3 is 5.97 Å². The van der Waals surface area contributed by atoms with E-state index >= 15 is 0 Å². The molecule has 13 nitrogen and oxygen atoms in total. The molecule has 1 saturated carbocycles. The number of aliphatic hydroxyl groups excluding tert-OH is 1. The largest absolute Gasteiger partial charge is 0.480 e. The molecule has 0 bridgehead atoms. The quantitative estimate of drug-likeness (QED) is 0.274. The molecule has 5 rings (SSSR count). The summed E-state index contributed by atoms with van der Waals surface area (Å²) in [6.45, 7) is 6.59.